The summed E-state index contributed by atoms with van der Waals surface area (Å²) in [4.78, 5) is 11.1. The molecular weight excluding hydrogens is 404 g/mol. The molecule has 1 aromatic carbocycles. The third-order valence-electron chi connectivity index (χ3n) is 5.10. The zero-order chi connectivity index (χ0) is 21.8. The first kappa shape index (κ1) is 24.9. The van der Waals surface area contributed by atoms with Crippen molar-refractivity contribution >= 4 is 17.7 Å². The van der Waals surface area contributed by atoms with Gasteiger partial charge in [-0.05, 0) is 35.5 Å². The second kappa shape index (κ2) is 13.8. The summed E-state index contributed by atoms with van der Waals surface area (Å²) in [5.74, 6) is 1.51. The van der Waals surface area contributed by atoms with E-state index < -0.39 is 12.2 Å². The van der Waals surface area contributed by atoms with Gasteiger partial charge in [0.25, 0.3) is 0 Å². The molecule has 7 heteroatoms. The average Bonchev–Trinajstić information content (AvgIpc) is 3.08. The first-order valence-corrected chi connectivity index (χ1v) is 11.6. The Kier molecular flexibility index (Phi) is 11.5. The van der Waals surface area contributed by atoms with Gasteiger partial charge in [-0.1, -0.05) is 36.4 Å². The lowest BCUT2D eigenvalue weighted by molar-refractivity contribution is -0.140. The van der Waals surface area contributed by atoms with Crippen LogP contribution in [0.2, 0.25) is 0 Å². The van der Waals surface area contributed by atoms with Crippen LogP contribution in [0.3, 0.4) is 0 Å². The average molecular weight is 439 g/mol. The standard InChI is InChI=1S/C23H34O6S/c1-27-15-18-6-3-5-17(13-18)14-19(24)8-9-20-21(25)16-29-22(20)10-12-30-11-4-7-23(26)28-2/h3,5-6,8-9,13,19-22,24-25H,4,7,10-12,14-16H2,1-2H3/t19-,20-,21+,22-/m1/s1. The third kappa shape index (κ3) is 8.78. The Morgan fingerprint density at radius 1 is 1.33 bits per heavy atom. The Labute approximate surface area is 183 Å². The van der Waals surface area contributed by atoms with E-state index in [9.17, 15) is 15.0 Å². The van der Waals surface area contributed by atoms with Crippen LogP contribution in [0, 0.1) is 5.92 Å². The zero-order valence-electron chi connectivity index (χ0n) is 17.9. The van der Waals surface area contributed by atoms with E-state index >= 15 is 0 Å². The van der Waals surface area contributed by atoms with Gasteiger partial charge in [0.15, 0.2) is 0 Å². The first-order chi connectivity index (χ1) is 14.5. The lowest BCUT2D eigenvalue weighted by atomic mass is 9.95. The molecule has 0 unspecified atom stereocenters. The van der Waals surface area contributed by atoms with Crippen LogP contribution >= 0.6 is 11.8 Å². The van der Waals surface area contributed by atoms with Gasteiger partial charge in [0.1, 0.15) is 0 Å². The number of esters is 1. The van der Waals surface area contributed by atoms with E-state index in [0.29, 0.717) is 26.1 Å². The lowest BCUT2D eigenvalue weighted by Gasteiger charge is -2.17. The second-order valence-electron chi connectivity index (χ2n) is 7.51. The predicted octanol–water partition coefficient (Wildman–Crippen LogP) is 2.75. The van der Waals surface area contributed by atoms with Gasteiger partial charge in [0.2, 0.25) is 0 Å². The van der Waals surface area contributed by atoms with Crippen LogP contribution in [0.1, 0.15) is 30.4 Å². The van der Waals surface area contributed by atoms with Crippen molar-refractivity contribution in [3.8, 4) is 0 Å². The van der Waals surface area contributed by atoms with E-state index in [1.54, 1.807) is 24.9 Å². The van der Waals surface area contributed by atoms with Gasteiger partial charge < -0.3 is 24.4 Å². The smallest absolute Gasteiger partial charge is 0.305 e. The highest BCUT2D eigenvalue weighted by atomic mass is 32.2. The minimum Gasteiger partial charge on any atom is -0.469 e. The van der Waals surface area contributed by atoms with Gasteiger partial charge in [0, 0.05) is 25.9 Å². The highest BCUT2D eigenvalue weighted by Crippen LogP contribution is 2.27. The summed E-state index contributed by atoms with van der Waals surface area (Å²) in [7, 11) is 3.07. The van der Waals surface area contributed by atoms with E-state index in [0.717, 1.165) is 35.5 Å². The minimum atomic E-state index is -0.621. The number of aliphatic hydroxyl groups excluding tert-OH is 2. The molecule has 1 saturated heterocycles. The Morgan fingerprint density at radius 3 is 2.90 bits per heavy atom. The summed E-state index contributed by atoms with van der Waals surface area (Å²) in [5.41, 5.74) is 2.12. The van der Waals surface area contributed by atoms with Crippen molar-refractivity contribution in [2.45, 2.75) is 50.6 Å². The Hall–Kier alpha value is -1.38. The van der Waals surface area contributed by atoms with Crippen molar-refractivity contribution < 1.29 is 29.2 Å². The van der Waals surface area contributed by atoms with Crippen LogP contribution in [0.15, 0.2) is 36.4 Å². The maximum atomic E-state index is 11.1. The van der Waals surface area contributed by atoms with Crippen molar-refractivity contribution in [2.24, 2.45) is 5.92 Å². The largest absolute Gasteiger partial charge is 0.469 e. The molecule has 0 bridgehead atoms. The van der Waals surface area contributed by atoms with E-state index in [1.807, 2.05) is 30.3 Å². The molecule has 1 fully saturated rings. The van der Waals surface area contributed by atoms with Crippen molar-refractivity contribution in [1.82, 2.24) is 0 Å². The van der Waals surface area contributed by atoms with Gasteiger partial charge in [-0.15, -0.1) is 0 Å². The summed E-state index contributed by atoms with van der Waals surface area (Å²) in [6.07, 6.45) is 5.02. The van der Waals surface area contributed by atoms with Crippen LogP contribution < -0.4 is 0 Å². The normalized spacial score (nSPS) is 22.5. The topological polar surface area (TPSA) is 85.2 Å². The zero-order valence-corrected chi connectivity index (χ0v) is 18.7. The highest BCUT2D eigenvalue weighted by molar-refractivity contribution is 7.99. The maximum absolute atomic E-state index is 11.1. The number of thioether (sulfide) groups is 1. The van der Waals surface area contributed by atoms with Gasteiger partial charge in [-0.2, -0.15) is 11.8 Å². The molecule has 1 aromatic rings. The quantitative estimate of drug-likeness (QED) is 0.278. The first-order valence-electron chi connectivity index (χ1n) is 10.4. The number of methoxy groups -OCH3 is 2. The van der Waals surface area contributed by atoms with E-state index in [2.05, 4.69) is 4.74 Å². The number of carbonyl (C=O) groups excluding carboxylic acids is 1. The second-order valence-corrected chi connectivity index (χ2v) is 8.73. The number of ether oxygens (including phenoxy) is 3. The molecule has 1 heterocycles. The summed E-state index contributed by atoms with van der Waals surface area (Å²) < 4.78 is 15.5. The highest BCUT2D eigenvalue weighted by Gasteiger charge is 2.33. The molecule has 168 valence electrons. The van der Waals surface area contributed by atoms with Crippen LogP contribution in [-0.2, 0) is 32.0 Å². The fraction of sp³-hybridized carbons (Fsp3) is 0.609. The van der Waals surface area contributed by atoms with Crippen LogP contribution in [-0.4, -0.2) is 66.8 Å². The number of aliphatic hydroxyl groups is 2. The van der Waals surface area contributed by atoms with E-state index in [4.69, 9.17) is 9.47 Å². The van der Waals surface area contributed by atoms with Gasteiger partial charge in [0.05, 0.1) is 38.6 Å². The maximum Gasteiger partial charge on any atom is 0.305 e. The van der Waals surface area contributed by atoms with Crippen molar-refractivity contribution in [2.75, 3.05) is 32.3 Å². The molecule has 1 aliphatic rings. The lowest BCUT2D eigenvalue weighted by Crippen LogP contribution is -2.23. The SMILES string of the molecule is COCc1cccc(C[C@H](O)C=C[C@@H]2[C@@H](O)CO[C@@H]2CCSCCCC(=O)OC)c1. The molecule has 4 atom stereocenters. The summed E-state index contributed by atoms with van der Waals surface area (Å²) in [5, 5.41) is 20.7. The number of benzene rings is 1. The summed E-state index contributed by atoms with van der Waals surface area (Å²) in [6.45, 7) is 0.871. The van der Waals surface area contributed by atoms with Crippen molar-refractivity contribution in [1.29, 1.82) is 0 Å². The van der Waals surface area contributed by atoms with E-state index in [1.165, 1.54) is 7.11 Å². The molecule has 2 rings (SSSR count). The van der Waals surface area contributed by atoms with E-state index in [-0.39, 0.29) is 18.0 Å². The molecular formula is C23H34O6S. The third-order valence-corrected chi connectivity index (χ3v) is 6.20. The molecule has 0 aliphatic carbocycles. The molecule has 0 aromatic heterocycles. The molecule has 0 amide bonds. The van der Waals surface area contributed by atoms with Crippen LogP contribution in [0.5, 0.6) is 0 Å². The molecule has 1 aliphatic heterocycles. The number of carbonyl (C=O) groups is 1. The Morgan fingerprint density at radius 2 is 2.13 bits per heavy atom. The predicted molar refractivity (Wildman–Crippen MR) is 118 cm³/mol. The van der Waals surface area contributed by atoms with Gasteiger partial charge in [-0.25, -0.2) is 0 Å². The van der Waals surface area contributed by atoms with Crippen molar-refractivity contribution in [3.63, 3.8) is 0 Å². The van der Waals surface area contributed by atoms with Crippen LogP contribution in [0.4, 0.5) is 0 Å². The summed E-state index contributed by atoms with van der Waals surface area (Å²) in [6, 6.07) is 7.99. The van der Waals surface area contributed by atoms with Crippen LogP contribution in [0.25, 0.3) is 0 Å². The minimum absolute atomic E-state index is 0.0541. The number of rotatable bonds is 13. The van der Waals surface area contributed by atoms with Gasteiger partial charge >= 0.3 is 5.97 Å². The Balaban J connectivity index is 1.76. The molecule has 6 nitrogen and oxygen atoms in total. The molecule has 0 saturated carbocycles. The molecule has 2 N–H and O–H groups in total. The van der Waals surface area contributed by atoms with Gasteiger partial charge in [-0.3, -0.25) is 4.79 Å². The molecule has 0 spiro atoms. The van der Waals surface area contributed by atoms with Crippen molar-refractivity contribution in [3.05, 3.63) is 47.5 Å². The number of hydrogen-bond donors (Lipinski definition) is 2. The molecule has 0 radical (unpaired) electrons. The summed E-state index contributed by atoms with van der Waals surface area (Å²) >= 11 is 1.77. The fourth-order valence-corrected chi connectivity index (χ4v) is 4.47. The monoisotopic (exact) mass is 438 g/mol. The molecule has 30 heavy (non-hydrogen) atoms. The Bertz CT molecular complexity index is 665. The fourth-order valence-electron chi connectivity index (χ4n) is 3.52. The number of hydrogen-bond acceptors (Lipinski definition) is 7.